The Morgan fingerprint density at radius 1 is 1.08 bits per heavy atom. The fourth-order valence-electron chi connectivity index (χ4n) is 3.59. The summed E-state index contributed by atoms with van der Waals surface area (Å²) in [7, 11) is 0. The number of anilines is 2. The Kier molecular flexibility index (Phi) is 5.19. The largest absolute Gasteiger partial charge is 0.326 e. The first-order chi connectivity index (χ1) is 12.3. The Morgan fingerprint density at radius 2 is 1.65 bits per heavy atom. The highest BCUT2D eigenvalue weighted by Crippen LogP contribution is 2.32. The number of aryl methyl sites for hydroxylation is 4. The summed E-state index contributed by atoms with van der Waals surface area (Å²) in [5.74, 6) is -0.440. The molecule has 1 fully saturated rings. The van der Waals surface area contributed by atoms with Crippen LogP contribution in [0.15, 0.2) is 34.8 Å². The van der Waals surface area contributed by atoms with Gasteiger partial charge in [0.25, 0.3) is 0 Å². The molecule has 26 heavy (non-hydrogen) atoms. The predicted octanol–water partition coefficient (Wildman–Crippen LogP) is 4.67. The molecule has 0 aliphatic carbocycles. The zero-order chi connectivity index (χ0) is 19.0. The summed E-state index contributed by atoms with van der Waals surface area (Å²) in [6, 6.07) is 9.86. The van der Waals surface area contributed by atoms with E-state index < -0.39 is 0 Å². The third kappa shape index (κ3) is 3.54. The van der Waals surface area contributed by atoms with Gasteiger partial charge in [-0.2, -0.15) is 0 Å². The van der Waals surface area contributed by atoms with Crippen LogP contribution in [0.2, 0.25) is 0 Å². The van der Waals surface area contributed by atoms with Gasteiger partial charge < -0.3 is 10.2 Å². The minimum absolute atomic E-state index is 0.00529. The molecule has 1 aliphatic heterocycles. The van der Waals surface area contributed by atoms with Crippen LogP contribution in [-0.4, -0.2) is 18.4 Å². The van der Waals surface area contributed by atoms with Crippen molar-refractivity contribution < 1.29 is 9.59 Å². The van der Waals surface area contributed by atoms with Crippen molar-refractivity contribution in [3.05, 3.63) is 57.1 Å². The van der Waals surface area contributed by atoms with Gasteiger partial charge in [-0.05, 0) is 62.1 Å². The van der Waals surface area contributed by atoms with Crippen molar-refractivity contribution in [1.29, 1.82) is 0 Å². The average molecular weight is 415 g/mol. The molecule has 1 aliphatic rings. The molecule has 0 saturated carbocycles. The third-order valence-corrected chi connectivity index (χ3v) is 6.16. The predicted molar refractivity (Wildman–Crippen MR) is 109 cm³/mol. The smallest absolute Gasteiger partial charge is 0.229 e. The lowest BCUT2D eigenvalue weighted by Gasteiger charge is -2.21. The molecule has 1 atom stereocenters. The van der Waals surface area contributed by atoms with Crippen molar-refractivity contribution in [2.24, 2.45) is 5.92 Å². The van der Waals surface area contributed by atoms with Gasteiger partial charge in [0.15, 0.2) is 0 Å². The summed E-state index contributed by atoms with van der Waals surface area (Å²) >= 11 is 3.54. The van der Waals surface area contributed by atoms with Gasteiger partial charge in [-0.25, -0.2) is 0 Å². The number of rotatable bonds is 3. The zero-order valence-electron chi connectivity index (χ0n) is 15.5. The van der Waals surface area contributed by atoms with E-state index in [1.165, 1.54) is 0 Å². The number of amides is 2. The van der Waals surface area contributed by atoms with E-state index >= 15 is 0 Å². The highest BCUT2D eigenvalue weighted by molar-refractivity contribution is 9.10. The fourth-order valence-corrected chi connectivity index (χ4v) is 3.82. The molecule has 4 nitrogen and oxygen atoms in total. The lowest BCUT2D eigenvalue weighted by Crippen LogP contribution is -2.29. The number of hydrogen-bond donors (Lipinski definition) is 1. The van der Waals surface area contributed by atoms with Gasteiger partial charge in [0.1, 0.15) is 0 Å². The summed E-state index contributed by atoms with van der Waals surface area (Å²) in [5.41, 5.74) is 5.95. The maximum absolute atomic E-state index is 12.7. The Labute approximate surface area is 162 Å². The first-order valence-electron chi connectivity index (χ1n) is 8.72. The monoisotopic (exact) mass is 414 g/mol. The highest BCUT2D eigenvalue weighted by Gasteiger charge is 2.36. The van der Waals surface area contributed by atoms with Gasteiger partial charge in [0, 0.05) is 28.8 Å². The van der Waals surface area contributed by atoms with Crippen molar-refractivity contribution >= 4 is 39.1 Å². The molecule has 1 heterocycles. The van der Waals surface area contributed by atoms with E-state index in [1.807, 2.05) is 58.0 Å². The quantitative estimate of drug-likeness (QED) is 0.792. The van der Waals surface area contributed by atoms with E-state index in [1.54, 1.807) is 4.90 Å². The van der Waals surface area contributed by atoms with E-state index in [0.29, 0.717) is 6.54 Å². The Morgan fingerprint density at radius 3 is 2.23 bits per heavy atom. The van der Waals surface area contributed by atoms with E-state index in [0.717, 1.165) is 38.1 Å². The van der Waals surface area contributed by atoms with Crippen molar-refractivity contribution in [3.8, 4) is 0 Å². The van der Waals surface area contributed by atoms with Crippen LogP contribution in [0.5, 0.6) is 0 Å². The molecule has 2 aromatic rings. The van der Waals surface area contributed by atoms with Gasteiger partial charge in [-0.15, -0.1) is 0 Å². The van der Waals surface area contributed by atoms with Gasteiger partial charge in [0.2, 0.25) is 11.8 Å². The molecular formula is C21H23BrN2O2. The van der Waals surface area contributed by atoms with Crippen LogP contribution >= 0.6 is 15.9 Å². The van der Waals surface area contributed by atoms with Gasteiger partial charge in [0.05, 0.1) is 5.92 Å². The van der Waals surface area contributed by atoms with E-state index in [4.69, 9.17) is 0 Å². The number of carbonyl (C=O) groups excluding carboxylic acids is 2. The van der Waals surface area contributed by atoms with Crippen LogP contribution in [0.25, 0.3) is 0 Å². The van der Waals surface area contributed by atoms with Crippen molar-refractivity contribution in [2.45, 2.75) is 34.1 Å². The average Bonchev–Trinajstić information content (AvgIpc) is 2.94. The van der Waals surface area contributed by atoms with Crippen LogP contribution in [0, 0.1) is 33.6 Å². The summed E-state index contributed by atoms with van der Waals surface area (Å²) in [4.78, 5) is 27.0. The summed E-state index contributed by atoms with van der Waals surface area (Å²) in [6.07, 6.45) is 0.244. The van der Waals surface area contributed by atoms with Crippen LogP contribution in [0.1, 0.15) is 28.7 Å². The number of carbonyl (C=O) groups is 2. The zero-order valence-corrected chi connectivity index (χ0v) is 17.1. The second-order valence-electron chi connectivity index (χ2n) is 7.06. The van der Waals surface area contributed by atoms with Crippen LogP contribution in [0.3, 0.4) is 0 Å². The van der Waals surface area contributed by atoms with E-state index in [2.05, 4.69) is 21.2 Å². The number of halogens is 1. The molecule has 5 heteroatoms. The lowest BCUT2D eigenvalue weighted by atomic mass is 10.1. The molecule has 3 rings (SSSR count). The molecular weight excluding hydrogens is 392 g/mol. The molecule has 1 saturated heterocycles. The van der Waals surface area contributed by atoms with Crippen LogP contribution in [-0.2, 0) is 9.59 Å². The second-order valence-corrected chi connectivity index (χ2v) is 7.85. The molecule has 0 spiro atoms. The SMILES string of the molecule is Cc1cc(NC(=O)[C@@H]2CC(=O)N(c3c(C)cccc3C)C2)cc(C)c1Br. The third-order valence-electron chi connectivity index (χ3n) is 4.91. The molecule has 0 aromatic heterocycles. The second kappa shape index (κ2) is 7.23. The van der Waals surface area contributed by atoms with Gasteiger partial charge in [-0.1, -0.05) is 34.1 Å². The fraction of sp³-hybridized carbons (Fsp3) is 0.333. The normalized spacial score (nSPS) is 16.9. The number of nitrogens with one attached hydrogen (secondary N) is 1. The van der Waals surface area contributed by atoms with Crippen molar-refractivity contribution in [3.63, 3.8) is 0 Å². The molecule has 136 valence electrons. The van der Waals surface area contributed by atoms with E-state index in [9.17, 15) is 9.59 Å². The molecule has 0 bridgehead atoms. The maximum Gasteiger partial charge on any atom is 0.229 e. The van der Waals surface area contributed by atoms with Crippen LogP contribution < -0.4 is 10.2 Å². The molecule has 2 aromatic carbocycles. The minimum atomic E-state index is -0.342. The van der Waals surface area contributed by atoms with Gasteiger partial charge >= 0.3 is 0 Å². The number of para-hydroxylation sites is 1. The minimum Gasteiger partial charge on any atom is -0.326 e. The van der Waals surface area contributed by atoms with Crippen molar-refractivity contribution in [1.82, 2.24) is 0 Å². The molecule has 1 N–H and O–H groups in total. The standard InChI is InChI=1S/C21H23BrN2O2/c1-12-6-5-7-13(2)20(12)24-11-16(10-18(24)25)21(26)23-17-8-14(3)19(22)15(4)9-17/h5-9,16H,10-11H2,1-4H3,(H,23,26)/t16-/m1/s1. The number of nitrogens with zero attached hydrogens (tertiary/aromatic N) is 1. The number of hydrogen-bond acceptors (Lipinski definition) is 2. The first kappa shape index (κ1) is 18.6. The number of benzene rings is 2. The molecule has 2 amide bonds. The topological polar surface area (TPSA) is 49.4 Å². The van der Waals surface area contributed by atoms with E-state index in [-0.39, 0.29) is 24.2 Å². The first-order valence-corrected chi connectivity index (χ1v) is 9.51. The summed E-state index contributed by atoms with van der Waals surface area (Å²) < 4.78 is 1.05. The Bertz CT molecular complexity index is 848. The van der Waals surface area contributed by atoms with Gasteiger partial charge in [-0.3, -0.25) is 9.59 Å². The van der Waals surface area contributed by atoms with Crippen molar-refractivity contribution in [2.75, 3.05) is 16.8 Å². The lowest BCUT2D eigenvalue weighted by molar-refractivity contribution is -0.122. The summed E-state index contributed by atoms with van der Waals surface area (Å²) in [6.45, 7) is 8.40. The highest BCUT2D eigenvalue weighted by atomic mass is 79.9. The van der Waals surface area contributed by atoms with Crippen LogP contribution in [0.4, 0.5) is 11.4 Å². The summed E-state index contributed by atoms with van der Waals surface area (Å²) in [5, 5.41) is 2.98. The Balaban J connectivity index is 1.77. The molecule has 0 radical (unpaired) electrons. The molecule has 0 unspecified atom stereocenters. The maximum atomic E-state index is 12.7. The Hall–Kier alpha value is -2.14.